The lowest BCUT2D eigenvalue weighted by molar-refractivity contribution is -0.146. The van der Waals surface area contributed by atoms with Crippen LogP contribution in [0.25, 0.3) is 0 Å². The van der Waals surface area contributed by atoms with E-state index in [2.05, 4.69) is 0 Å². The molecule has 6 heteroatoms. The lowest BCUT2D eigenvalue weighted by Gasteiger charge is -2.34. The van der Waals surface area contributed by atoms with Gasteiger partial charge in [-0.05, 0) is 49.7 Å². The average Bonchev–Trinajstić information content (AvgIpc) is 2.69. The number of amides is 1. The highest BCUT2D eigenvalue weighted by atomic mass is 35.5. The van der Waals surface area contributed by atoms with Crippen molar-refractivity contribution >= 4 is 17.5 Å². The van der Waals surface area contributed by atoms with E-state index in [4.69, 9.17) is 25.8 Å². The molecule has 3 rings (SSSR count). The SMILES string of the molecule is Cc1cc(OCC2CN(C(=O)C(C)Oc3ccccc3)CCO2)ccc1Cl. The summed E-state index contributed by atoms with van der Waals surface area (Å²) >= 11 is 6.03. The third-order valence-electron chi connectivity index (χ3n) is 4.42. The van der Waals surface area contributed by atoms with Gasteiger partial charge in [0.05, 0.1) is 13.2 Å². The highest BCUT2D eigenvalue weighted by molar-refractivity contribution is 6.31. The summed E-state index contributed by atoms with van der Waals surface area (Å²) in [6.07, 6.45) is -0.728. The van der Waals surface area contributed by atoms with Crippen LogP contribution in [0.5, 0.6) is 11.5 Å². The lowest BCUT2D eigenvalue weighted by atomic mass is 10.2. The van der Waals surface area contributed by atoms with E-state index in [1.165, 1.54) is 0 Å². The Bertz CT molecular complexity index is 768. The van der Waals surface area contributed by atoms with Crippen LogP contribution in [-0.2, 0) is 9.53 Å². The van der Waals surface area contributed by atoms with Gasteiger partial charge < -0.3 is 19.1 Å². The lowest BCUT2D eigenvalue weighted by Crippen LogP contribution is -2.51. The van der Waals surface area contributed by atoms with Gasteiger partial charge in [0.2, 0.25) is 0 Å². The van der Waals surface area contributed by atoms with Crippen LogP contribution >= 0.6 is 11.6 Å². The van der Waals surface area contributed by atoms with E-state index in [9.17, 15) is 4.79 Å². The van der Waals surface area contributed by atoms with Gasteiger partial charge in [-0.25, -0.2) is 0 Å². The zero-order valence-electron chi connectivity index (χ0n) is 15.6. The van der Waals surface area contributed by atoms with Crippen molar-refractivity contribution in [1.29, 1.82) is 0 Å². The molecule has 1 amide bonds. The van der Waals surface area contributed by atoms with E-state index >= 15 is 0 Å². The second-order valence-corrected chi connectivity index (χ2v) is 6.98. The molecule has 1 aliphatic heterocycles. The predicted octanol–water partition coefficient (Wildman–Crippen LogP) is 3.72. The van der Waals surface area contributed by atoms with Gasteiger partial charge in [-0.15, -0.1) is 0 Å². The summed E-state index contributed by atoms with van der Waals surface area (Å²) in [5, 5.41) is 0.709. The van der Waals surface area contributed by atoms with Crippen LogP contribution in [0.1, 0.15) is 12.5 Å². The number of halogens is 1. The number of aryl methyl sites for hydroxylation is 1. The molecule has 2 unspecified atom stereocenters. The van der Waals surface area contributed by atoms with Gasteiger partial charge in [-0.1, -0.05) is 29.8 Å². The van der Waals surface area contributed by atoms with E-state index in [1.54, 1.807) is 11.8 Å². The fraction of sp³-hybridized carbons (Fsp3) is 0.381. The van der Waals surface area contributed by atoms with Crippen molar-refractivity contribution in [3.05, 3.63) is 59.1 Å². The Morgan fingerprint density at radius 2 is 2.04 bits per heavy atom. The Hall–Kier alpha value is -2.24. The molecule has 1 saturated heterocycles. The molecule has 1 fully saturated rings. The number of carbonyl (C=O) groups is 1. The molecule has 0 radical (unpaired) electrons. The third-order valence-corrected chi connectivity index (χ3v) is 4.84. The van der Waals surface area contributed by atoms with Gasteiger partial charge in [0.1, 0.15) is 24.2 Å². The number of nitrogens with zero attached hydrogens (tertiary/aromatic N) is 1. The van der Waals surface area contributed by atoms with Crippen LogP contribution in [0.3, 0.4) is 0 Å². The van der Waals surface area contributed by atoms with Gasteiger partial charge >= 0.3 is 0 Å². The zero-order chi connectivity index (χ0) is 19.2. The topological polar surface area (TPSA) is 48.0 Å². The first kappa shape index (κ1) is 19.5. The zero-order valence-corrected chi connectivity index (χ0v) is 16.3. The van der Waals surface area contributed by atoms with Gasteiger partial charge in [0, 0.05) is 11.6 Å². The Kier molecular flexibility index (Phi) is 6.58. The number of morpholine rings is 1. The summed E-state index contributed by atoms with van der Waals surface area (Å²) in [5.41, 5.74) is 0.961. The van der Waals surface area contributed by atoms with Crippen molar-refractivity contribution in [2.24, 2.45) is 0 Å². The highest BCUT2D eigenvalue weighted by Crippen LogP contribution is 2.21. The predicted molar refractivity (Wildman–Crippen MR) is 105 cm³/mol. The molecule has 2 aromatic carbocycles. The number of benzene rings is 2. The molecule has 0 aromatic heterocycles. The fourth-order valence-corrected chi connectivity index (χ4v) is 3.04. The summed E-state index contributed by atoms with van der Waals surface area (Å²) in [7, 11) is 0. The molecule has 0 saturated carbocycles. The number of rotatable bonds is 6. The van der Waals surface area contributed by atoms with Crippen molar-refractivity contribution in [3.8, 4) is 11.5 Å². The van der Waals surface area contributed by atoms with E-state index in [-0.39, 0.29) is 12.0 Å². The quantitative estimate of drug-likeness (QED) is 0.755. The standard InChI is InChI=1S/C21H24ClNO4/c1-15-12-18(8-9-20(15)22)26-14-19-13-23(10-11-25-19)21(24)16(2)27-17-6-4-3-5-7-17/h3-9,12,16,19H,10-11,13-14H2,1-2H3. The molecule has 0 bridgehead atoms. The van der Waals surface area contributed by atoms with Gasteiger partial charge in [-0.3, -0.25) is 4.79 Å². The van der Waals surface area contributed by atoms with Crippen LogP contribution in [0.2, 0.25) is 5.02 Å². The number of hydrogen-bond acceptors (Lipinski definition) is 4. The maximum absolute atomic E-state index is 12.7. The first-order valence-corrected chi connectivity index (χ1v) is 9.42. The van der Waals surface area contributed by atoms with E-state index < -0.39 is 6.10 Å². The highest BCUT2D eigenvalue weighted by Gasteiger charge is 2.28. The molecule has 0 aliphatic carbocycles. The maximum atomic E-state index is 12.7. The first-order chi connectivity index (χ1) is 13.0. The summed E-state index contributed by atoms with van der Waals surface area (Å²) in [5.74, 6) is 1.38. The van der Waals surface area contributed by atoms with Crippen molar-refractivity contribution in [2.45, 2.75) is 26.1 Å². The molecule has 1 aliphatic rings. The molecular weight excluding hydrogens is 366 g/mol. The molecule has 5 nitrogen and oxygen atoms in total. The van der Waals surface area contributed by atoms with E-state index in [1.807, 2.05) is 55.5 Å². The summed E-state index contributed by atoms with van der Waals surface area (Å²) < 4.78 is 17.3. The van der Waals surface area contributed by atoms with Crippen LogP contribution in [-0.4, -0.2) is 49.3 Å². The van der Waals surface area contributed by atoms with Crippen molar-refractivity contribution < 1.29 is 19.0 Å². The molecule has 0 N–H and O–H groups in total. The number of para-hydroxylation sites is 1. The Morgan fingerprint density at radius 3 is 2.78 bits per heavy atom. The maximum Gasteiger partial charge on any atom is 0.263 e. The molecule has 0 spiro atoms. The number of hydrogen-bond donors (Lipinski definition) is 0. The Morgan fingerprint density at radius 1 is 1.26 bits per heavy atom. The fourth-order valence-electron chi connectivity index (χ4n) is 2.93. The number of carbonyl (C=O) groups excluding carboxylic acids is 1. The summed E-state index contributed by atoms with van der Waals surface area (Å²) in [6, 6.07) is 14.9. The normalized spacial score (nSPS) is 18.0. The largest absolute Gasteiger partial charge is 0.491 e. The summed E-state index contributed by atoms with van der Waals surface area (Å²) in [4.78, 5) is 14.5. The van der Waals surface area contributed by atoms with Crippen LogP contribution in [0, 0.1) is 6.92 Å². The second-order valence-electron chi connectivity index (χ2n) is 6.57. The molecule has 144 valence electrons. The third kappa shape index (κ3) is 5.37. The molecule has 2 aromatic rings. The minimum atomic E-state index is -0.550. The Balaban J connectivity index is 1.52. The van der Waals surface area contributed by atoms with E-state index in [0.717, 1.165) is 11.3 Å². The summed E-state index contributed by atoms with van der Waals surface area (Å²) in [6.45, 7) is 5.59. The minimum absolute atomic E-state index is 0.0468. The molecule has 27 heavy (non-hydrogen) atoms. The van der Waals surface area contributed by atoms with Crippen molar-refractivity contribution in [3.63, 3.8) is 0 Å². The van der Waals surface area contributed by atoms with E-state index in [0.29, 0.717) is 37.1 Å². The molecule has 2 atom stereocenters. The Labute approximate surface area is 164 Å². The van der Waals surface area contributed by atoms with Crippen LogP contribution < -0.4 is 9.47 Å². The minimum Gasteiger partial charge on any atom is -0.491 e. The van der Waals surface area contributed by atoms with Gasteiger partial charge in [-0.2, -0.15) is 0 Å². The second kappa shape index (κ2) is 9.11. The van der Waals surface area contributed by atoms with Crippen molar-refractivity contribution in [2.75, 3.05) is 26.3 Å². The smallest absolute Gasteiger partial charge is 0.263 e. The van der Waals surface area contributed by atoms with Crippen LogP contribution in [0.4, 0.5) is 0 Å². The first-order valence-electron chi connectivity index (χ1n) is 9.04. The molecule has 1 heterocycles. The molecular formula is C21H24ClNO4. The average molecular weight is 390 g/mol. The number of ether oxygens (including phenoxy) is 3. The van der Waals surface area contributed by atoms with Gasteiger partial charge in [0.25, 0.3) is 5.91 Å². The van der Waals surface area contributed by atoms with Crippen LogP contribution in [0.15, 0.2) is 48.5 Å². The van der Waals surface area contributed by atoms with Crippen molar-refractivity contribution in [1.82, 2.24) is 4.90 Å². The van der Waals surface area contributed by atoms with Gasteiger partial charge in [0.15, 0.2) is 6.10 Å². The monoisotopic (exact) mass is 389 g/mol.